The van der Waals surface area contributed by atoms with E-state index in [0.717, 1.165) is 37.3 Å². The van der Waals surface area contributed by atoms with Gasteiger partial charge in [0.1, 0.15) is 5.82 Å². The number of imidazole rings is 1. The van der Waals surface area contributed by atoms with E-state index in [-0.39, 0.29) is 0 Å². The molecule has 0 bridgehead atoms. The van der Waals surface area contributed by atoms with Crippen molar-refractivity contribution < 1.29 is 0 Å². The SMILES string of the molecule is CCCCn1c(=O)[nH]c(=O)c2c1nc(CN(CC)Cc1cccc(Cl)c1)n2C. The first kappa shape index (κ1) is 20.4. The summed E-state index contributed by atoms with van der Waals surface area (Å²) in [7, 11) is 1.82. The first-order valence-corrected chi connectivity index (χ1v) is 9.97. The van der Waals surface area contributed by atoms with Crippen LogP contribution in [0.4, 0.5) is 0 Å². The van der Waals surface area contributed by atoms with Gasteiger partial charge in [-0.3, -0.25) is 19.2 Å². The molecule has 150 valence electrons. The Morgan fingerprint density at radius 2 is 2.00 bits per heavy atom. The van der Waals surface area contributed by atoms with Gasteiger partial charge in [-0.15, -0.1) is 0 Å². The molecule has 0 amide bonds. The summed E-state index contributed by atoms with van der Waals surface area (Å²) in [4.78, 5) is 34.0. The molecule has 0 spiro atoms. The van der Waals surface area contributed by atoms with E-state index in [1.165, 1.54) is 0 Å². The number of H-pyrrole nitrogens is 1. The summed E-state index contributed by atoms with van der Waals surface area (Å²) in [6.45, 7) is 6.78. The van der Waals surface area contributed by atoms with E-state index in [9.17, 15) is 9.59 Å². The molecule has 2 heterocycles. The molecule has 0 fully saturated rings. The van der Waals surface area contributed by atoms with E-state index >= 15 is 0 Å². The monoisotopic (exact) mass is 403 g/mol. The average Bonchev–Trinajstić information content (AvgIpc) is 2.97. The third kappa shape index (κ3) is 4.20. The van der Waals surface area contributed by atoms with E-state index in [0.29, 0.717) is 29.3 Å². The van der Waals surface area contributed by atoms with Crippen molar-refractivity contribution in [2.24, 2.45) is 7.05 Å². The first-order valence-electron chi connectivity index (χ1n) is 9.59. The molecule has 1 N–H and O–H groups in total. The van der Waals surface area contributed by atoms with Gasteiger partial charge in [0.2, 0.25) is 0 Å². The van der Waals surface area contributed by atoms with E-state index in [1.807, 2.05) is 31.3 Å². The van der Waals surface area contributed by atoms with Gasteiger partial charge in [-0.1, -0.05) is 44.0 Å². The molecule has 0 unspecified atom stereocenters. The number of aryl methyl sites for hydroxylation is 2. The molecular formula is C20H26ClN5O2. The predicted octanol–water partition coefficient (Wildman–Crippen LogP) is 2.90. The maximum Gasteiger partial charge on any atom is 0.330 e. The van der Waals surface area contributed by atoms with Gasteiger partial charge >= 0.3 is 5.69 Å². The van der Waals surface area contributed by atoms with Crippen molar-refractivity contribution in [2.45, 2.75) is 46.3 Å². The van der Waals surface area contributed by atoms with Crippen LogP contribution in [0.1, 0.15) is 38.1 Å². The van der Waals surface area contributed by atoms with E-state index < -0.39 is 11.2 Å². The molecule has 0 aliphatic rings. The van der Waals surface area contributed by atoms with E-state index in [2.05, 4.69) is 28.7 Å². The molecule has 0 saturated carbocycles. The van der Waals surface area contributed by atoms with Gasteiger partial charge in [0.15, 0.2) is 11.2 Å². The van der Waals surface area contributed by atoms with Crippen molar-refractivity contribution in [2.75, 3.05) is 6.54 Å². The zero-order chi connectivity index (χ0) is 20.3. The van der Waals surface area contributed by atoms with Gasteiger partial charge in [0, 0.05) is 25.2 Å². The highest BCUT2D eigenvalue weighted by molar-refractivity contribution is 6.30. The lowest BCUT2D eigenvalue weighted by molar-refractivity contribution is 0.262. The van der Waals surface area contributed by atoms with Crippen molar-refractivity contribution >= 4 is 22.8 Å². The Balaban J connectivity index is 1.96. The fraction of sp³-hybridized carbons (Fsp3) is 0.450. The quantitative estimate of drug-likeness (QED) is 0.627. The topological polar surface area (TPSA) is 75.9 Å². The Kier molecular flexibility index (Phi) is 6.36. The minimum absolute atomic E-state index is 0.396. The van der Waals surface area contributed by atoms with Crippen LogP contribution in [-0.2, 0) is 26.7 Å². The fourth-order valence-corrected chi connectivity index (χ4v) is 3.54. The number of halogens is 1. The number of nitrogens with one attached hydrogen (secondary N) is 1. The van der Waals surface area contributed by atoms with Crippen LogP contribution in [0, 0.1) is 0 Å². The van der Waals surface area contributed by atoms with Gasteiger partial charge in [-0.25, -0.2) is 9.78 Å². The predicted molar refractivity (Wildman–Crippen MR) is 112 cm³/mol. The molecule has 3 aromatic rings. The maximum absolute atomic E-state index is 12.4. The second kappa shape index (κ2) is 8.75. The van der Waals surface area contributed by atoms with Crippen molar-refractivity contribution in [3.05, 3.63) is 61.5 Å². The number of aromatic nitrogens is 4. The fourth-order valence-electron chi connectivity index (χ4n) is 3.33. The molecule has 0 aliphatic heterocycles. The standard InChI is InChI=1S/C20H26ClN5O2/c1-4-6-10-26-18-17(19(27)23-20(26)28)24(3)16(22-18)13-25(5-2)12-14-8-7-9-15(21)11-14/h7-9,11H,4-6,10,12-13H2,1-3H3,(H,23,27,28). The Morgan fingerprint density at radius 1 is 1.21 bits per heavy atom. The van der Waals surface area contributed by atoms with Crippen LogP contribution < -0.4 is 11.2 Å². The summed E-state index contributed by atoms with van der Waals surface area (Å²) < 4.78 is 3.35. The minimum atomic E-state index is -0.401. The molecular weight excluding hydrogens is 378 g/mol. The number of hydrogen-bond acceptors (Lipinski definition) is 4. The number of fused-ring (bicyclic) bond motifs is 1. The number of unbranched alkanes of at least 4 members (excludes halogenated alkanes) is 1. The third-order valence-corrected chi connectivity index (χ3v) is 5.18. The molecule has 0 saturated heterocycles. The summed E-state index contributed by atoms with van der Waals surface area (Å²) in [5.74, 6) is 0.750. The van der Waals surface area contributed by atoms with Crippen molar-refractivity contribution in [1.29, 1.82) is 0 Å². The summed E-state index contributed by atoms with van der Waals surface area (Å²) in [5.41, 5.74) is 1.21. The van der Waals surface area contributed by atoms with Gasteiger partial charge in [-0.2, -0.15) is 0 Å². The van der Waals surface area contributed by atoms with Crippen LogP contribution in [-0.4, -0.2) is 30.5 Å². The van der Waals surface area contributed by atoms with Crippen LogP contribution in [0.3, 0.4) is 0 Å². The Bertz CT molecular complexity index is 1080. The van der Waals surface area contributed by atoms with Gasteiger partial charge < -0.3 is 4.57 Å². The minimum Gasteiger partial charge on any atom is -0.324 e. The average molecular weight is 404 g/mol. The molecule has 7 nitrogen and oxygen atoms in total. The maximum atomic E-state index is 12.4. The highest BCUT2D eigenvalue weighted by Gasteiger charge is 2.18. The lowest BCUT2D eigenvalue weighted by Crippen LogP contribution is -2.31. The first-order chi connectivity index (χ1) is 13.4. The molecule has 0 aliphatic carbocycles. The number of nitrogens with zero attached hydrogens (tertiary/aromatic N) is 4. The van der Waals surface area contributed by atoms with Crippen LogP contribution >= 0.6 is 11.6 Å². The summed E-state index contributed by atoms with van der Waals surface area (Å²) in [5, 5.41) is 0.711. The Labute approximate surface area is 168 Å². The van der Waals surface area contributed by atoms with Crippen LogP contribution in [0.2, 0.25) is 5.02 Å². The molecule has 8 heteroatoms. The van der Waals surface area contributed by atoms with Crippen molar-refractivity contribution in [3.63, 3.8) is 0 Å². The zero-order valence-electron chi connectivity index (χ0n) is 16.5. The third-order valence-electron chi connectivity index (χ3n) is 4.95. The van der Waals surface area contributed by atoms with Gasteiger partial charge in [-0.05, 0) is 30.7 Å². The smallest absolute Gasteiger partial charge is 0.324 e. The molecule has 2 aromatic heterocycles. The molecule has 1 aromatic carbocycles. The molecule has 28 heavy (non-hydrogen) atoms. The van der Waals surface area contributed by atoms with E-state index in [1.54, 1.807) is 9.13 Å². The van der Waals surface area contributed by atoms with Crippen LogP contribution in [0.15, 0.2) is 33.9 Å². The lowest BCUT2D eigenvalue weighted by Gasteiger charge is -2.20. The highest BCUT2D eigenvalue weighted by Crippen LogP contribution is 2.16. The largest absolute Gasteiger partial charge is 0.330 e. The second-order valence-corrected chi connectivity index (χ2v) is 7.39. The Hall–Kier alpha value is -2.38. The molecule has 0 radical (unpaired) electrons. The number of benzene rings is 1. The Morgan fingerprint density at radius 3 is 2.68 bits per heavy atom. The molecule has 3 rings (SSSR count). The molecule has 0 atom stereocenters. The summed E-state index contributed by atoms with van der Waals surface area (Å²) in [6, 6.07) is 7.78. The zero-order valence-corrected chi connectivity index (χ0v) is 17.3. The summed E-state index contributed by atoms with van der Waals surface area (Å²) >= 11 is 6.10. The van der Waals surface area contributed by atoms with Gasteiger partial charge in [0.05, 0.1) is 6.54 Å². The second-order valence-electron chi connectivity index (χ2n) is 6.96. The normalized spacial score (nSPS) is 11.6. The van der Waals surface area contributed by atoms with Crippen LogP contribution in [0.25, 0.3) is 11.2 Å². The number of rotatable bonds is 8. The van der Waals surface area contributed by atoms with Crippen molar-refractivity contribution in [3.8, 4) is 0 Å². The van der Waals surface area contributed by atoms with Crippen molar-refractivity contribution in [1.82, 2.24) is 24.0 Å². The summed E-state index contributed by atoms with van der Waals surface area (Å²) in [6.07, 6.45) is 1.80. The highest BCUT2D eigenvalue weighted by atomic mass is 35.5. The number of aromatic amines is 1. The lowest BCUT2D eigenvalue weighted by atomic mass is 10.2. The van der Waals surface area contributed by atoms with Crippen LogP contribution in [0.5, 0.6) is 0 Å². The van der Waals surface area contributed by atoms with E-state index in [4.69, 9.17) is 11.6 Å². The van der Waals surface area contributed by atoms with Gasteiger partial charge in [0.25, 0.3) is 5.56 Å². The number of hydrogen-bond donors (Lipinski definition) is 1.